The van der Waals surface area contributed by atoms with Crippen LogP contribution in [0, 0.1) is 11.3 Å². The molecule has 0 saturated heterocycles. The van der Waals surface area contributed by atoms with Crippen LogP contribution in [-0.2, 0) is 0 Å². The Bertz CT molecular complexity index is 344. The van der Waals surface area contributed by atoms with E-state index in [0.717, 1.165) is 37.9 Å². The molecular formula is C13H18N2O. The molecule has 0 unspecified atom stereocenters. The van der Waals surface area contributed by atoms with Crippen LogP contribution < -0.4 is 5.32 Å². The van der Waals surface area contributed by atoms with Gasteiger partial charge < -0.3 is 10.4 Å². The second-order valence-corrected chi connectivity index (χ2v) is 3.72. The zero-order chi connectivity index (χ0) is 11.6. The maximum absolute atomic E-state index is 8.87. The normalized spacial score (nSPS) is 9.75. The van der Waals surface area contributed by atoms with Crippen LogP contribution in [0.4, 0.5) is 5.69 Å². The molecule has 0 spiro atoms. The van der Waals surface area contributed by atoms with Crippen molar-refractivity contribution >= 4 is 5.69 Å². The summed E-state index contributed by atoms with van der Waals surface area (Å²) in [5, 5.41) is 20.7. The van der Waals surface area contributed by atoms with E-state index in [2.05, 4.69) is 11.4 Å². The molecule has 0 saturated carbocycles. The molecule has 16 heavy (non-hydrogen) atoms. The van der Waals surface area contributed by atoms with Gasteiger partial charge in [0.25, 0.3) is 0 Å². The number of hydrogen-bond acceptors (Lipinski definition) is 3. The minimum atomic E-state index is 0.282. The van der Waals surface area contributed by atoms with Gasteiger partial charge in [-0.1, -0.05) is 25.0 Å². The second-order valence-electron chi connectivity index (χ2n) is 3.72. The summed E-state index contributed by atoms with van der Waals surface area (Å²) < 4.78 is 0. The summed E-state index contributed by atoms with van der Waals surface area (Å²) in [7, 11) is 0. The molecule has 3 nitrogen and oxygen atoms in total. The van der Waals surface area contributed by atoms with Crippen LogP contribution in [0.15, 0.2) is 24.3 Å². The summed E-state index contributed by atoms with van der Waals surface area (Å²) >= 11 is 0. The minimum Gasteiger partial charge on any atom is -0.396 e. The summed E-state index contributed by atoms with van der Waals surface area (Å²) in [5.41, 5.74) is 1.60. The van der Waals surface area contributed by atoms with Gasteiger partial charge in [0.05, 0.1) is 11.3 Å². The summed E-state index contributed by atoms with van der Waals surface area (Å²) in [6.45, 7) is 1.16. The molecule has 86 valence electrons. The smallest absolute Gasteiger partial charge is 0.101 e. The van der Waals surface area contributed by atoms with E-state index in [1.807, 2.05) is 24.3 Å². The van der Waals surface area contributed by atoms with Crippen LogP contribution in [0.2, 0.25) is 0 Å². The number of unbranched alkanes of at least 4 members (excludes halogenated alkanes) is 3. The lowest BCUT2D eigenvalue weighted by Gasteiger charge is -2.07. The van der Waals surface area contributed by atoms with E-state index in [-0.39, 0.29) is 6.61 Å². The molecular weight excluding hydrogens is 200 g/mol. The zero-order valence-electron chi connectivity index (χ0n) is 9.45. The molecule has 1 aromatic rings. The van der Waals surface area contributed by atoms with Gasteiger partial charge in [-0.05, 0) is 25.0 Å². The number of hydrogen-bond donors (Lipinski definition) is 2. The Hall–Kier alpha value is -1.53. The Kier molecular flexibility index (Phi) is 6.05. The molecule has 0 aliphatic rings. The summed E-state index contributed by atoms with van der Waals surface area (Å²) in [5.74, 6) is 0. The highest BCUT2D eigenvalue weighted by atomic mass is 16.2. The molecule has 0 aromatic heterocycles. The largest absolute Gasteiger partial charge is 0.396 e. The molecule has 1 rings (SSSR count). The number of rotatable bonds is 7. The summed E-state index contributed by atoms with van der Waals surface area (Å²) in [6, 6.07) is 9.69. The van der Waals surface area contributed by atoms with Gasteiger partial charge in [0, 0.05) is 13.2 Å². The average molecular weight is 218 g/mol. The van der Waals surface area contributed by atoms with Crippen LogP contribution >= 0.6 is 0 Å². The van der Waals surface area contributed by atoms with E-state index in [1.54, 1.807) is 0 Å². The van der Waals surface area contributed by atoms with Gasteiger partial charge in [-0.25, -0.2) is 0 Å². The van der Waals surface area contributed by atoms with Gasteiger partial charge in [-0.15, -0.1) is 0 Å². The number of nitrogens with zero attached hydrogens (tertiary/aromatic N) is 1. The molecule has 0 heterocycles. The molecule has 1 aromatic carbocycles. The Morgan fingerprint density at radius 1 is 1.12 bits per heavy atom. The number of aliphatic hydroxyl groups is 1. The third-order valence-electron chi connectivity index (χ3n) is 2.45. The van der Waals surface area contributed by atoms with Crippen LogP contribution in [0.5, 0.6) is 0 Å². The van der Waals surface area contributed by atoms with Crippen molar-refractivity contribution in [1.82, 2.24) is 0 Å². The quantitative estimate of drug-likeness (QED) is 0.691. The van der Waals surface area contributed by atoms with Gasteiger partial charge in [0.1, 0.15) is 6.07 Å². The van der Waals surface area contributed by atoms with E-state index >= 15 is 0 Å². The lowest BCUT2D eigenvalue weighted by Crippen LogP contribution is -2.03. The highest BCUT2D eigenvalue weighted by Crippen LogP contribution is 2.13. The fraction of sp³-hybridized carbons (Fsp3) is 0.462. The van der Waals surface area contributed by atoms with Crippen molar-refractivity contribution in [2.45, 2.75) is 25.7 Å². The maximum Gasteiger partial charge on any atom is 0.101 e. The zero-order valence-corrected chi connectivity index (χ0v) is 9.45. The predicted molar refractivity (Wildman–Crippen MR) is 65.2 cm³/mol. The molecule has 0 amide bonds. The second kappa shape index (κ2) is 7.72. The standard InChI is InChI=1S/C13H18N2O/c14-11-12-7-3-4-8-13(12)15-9-5-1-2-6-10-16/h3-4,7-8,15-16H,1-2,5-6,9-10H2. The van der Waals surface area contributed by atoms with Gasteiger partial charge in [0.2, 0.25) is 0 Å². The van der Waals surface area contributed by atoms with E-state index in [9.17, 15) is 0 Å². The van der Waals surface area contributed by atoms with E-state index < -0.39 is 0 Å². The molecule has 0 aliphatic heterocycles. The highest BCUT2D eigenvalue weighted by molar-refractivity contribution is 5.56. The minimum absolute atomic E-state index is 0.282. The molecule has 0 atom stereocenters. The first-order valence-electron chi connectivity index (χ1n) is 5.72. The van der Waals surface area contributed by atoms with Gasteiger partial charge in [0.15, 0.2) is 0 Å². The Morgan fingerprint density at radius 2 is 1.88 bits per heavy atom. The first kappa shape index (κ1) is 12.5. The SMILES string of the molecule is N#Cc1ccccc1NCCCCCCO. The van der Waals surface area contributed by atoms with Crippen molar-refractivity contribution in [3.63, 3.8) is 0 Å². The van der Waals surface area contributed by atoms with Crippen LogP contribution in [0.1, 0.15) is 31.2 Å². The fourth-order valence-electron chi connectivity index (χ4n) is 1.55. The maximum atomic E-state index is 8.87. The number of benzene rings is 1. The van der Waals surface area contributed by atoms with Crippen molar-refractivity contribution in [1.29, 1.82) is 5.26 Å². The molecule has 0 aliphatic carbocycles. The molecule has 2 N–H and O–H groups in total. The fourth-order valence-corrected chi connectivity index (χ4v) is 1.55. The number of para-hydroxylation sites is 1. The predicted octanol–water partition coefficient (Wildman–Crippen LogP) is 2.52. The molecule has 3 heteroatoms. The average Bonchev–Trinajstić information content (AvgIpc) is 2.34. The number of nitriles is 1. The van der Waals surface area contributed by atoms with Gasteiger partial charge in [-0.2, -0.15) is 5.26 Å². The first-order valence-corrected chi connectivity index (χ1v) is 5.72. The van der Waals surface area contributed by atoms with E-state index in [0.29, 0.717) is 5.56 Å². The summed E-state index contributed by atoms with van der Waals surface area (Å²) in [4.78, 5) is 0. The van der Waals surface area contributed by atoms with Crippen LogP contribution in [0.25, 0.3) is 0 Å². The van der Waals surface area contributed by atoms with Crippen molar-refractivity contribution in [3.05, 3.63) is 29.8 Å². The van der Waals surface area contributed by atoms with Gasteiger partial charge >= 0.3 is 0 Å². The van der Waals surface area contributed by atoms with Crippen LogP contribution in [0.3, 0.4) is 0 Å². The molecule has 0 radical (unpaired) electrons. The van der Waals surface area contributed by atoms with Crippen LogP contribution in [-0.4, -0.2) is 18.3 Å². The van der Waals surface area contributed by atoms with E-state index in [4.69, 9.17) is 10.4 Å². The summed E-state index contributed by atoms with van der Waals surface area (Å²) in [6.07, 6.45) is 4.13. The number of anilines is 1. The first-order chi connectivity index (χ1) is 7.88. The number of nitrogens with one attached hydrogen (secondary N) is 1. The van der Waals surface area contributed by atoms with E-state index in [1.165, 1.54) is 0 Å². The Morgan fingerprint density at radius 3 is 2.62 bits per heavy atom. The van der Waals surface area contributed by atoms with Crippen molar-refractivity contribution in [2.75, 3.05) is 18.5 Å². The molecule has 0 fully saturated rings. The number of aliphatic hydroxyl groups excluding tert-OH is 1. The lowest BCUT2D eigenvalue weighted by atomic mass is 10.1. The monoisotopic (exact) mass is 218 g/mol. The third kappa shape index (κ3) is 4.33. The van der Waals surface area contributed by atoms with Crippen molar-refractivity contribution in [3.8, 4) is 6.07 Å². The van der Waals surface area contributed by atoms with Crippen molar-refractivity contribution in [2.24, 2.45) is 0 Å². The Labute approximate surface area is 96.7 Å². The topological polar surface area (TPSA) is 56.0 Å². The Balaban J connectivity index is 2.24. The highest BCUT2D eigenvalue weighted by Gasteiger charge is 1.98. The van der Waals surface area contributed by atoms with Gasteiger partial charge in [-0.3, -0.25) is 0 Å². The molecule has 0 bridgehead atoms. The van der Waals surface area contributed by atoms with Crippen molar-refractivity contribution < 1.29 is 5.11 Å². The lowest BCUT2D eigenvalue weighted by molar-refractivity contribution is 0.283. The third-order valence-corrected chi connectivity index (χ3v) is 2.45.